The van der Waals surface area contributed by atoms with Crippen LogP contribution in [0.3, 0.4) is 0 Å². The van der Waals surface area contributed by atoms with Crippen LogP contribution >= 0.6 is 0 Å². The molecule has 0 fully saturated rings. The Morgan fingerprint density at radius 1 is 1.27 bits per heavy atom. The number of rotatable bonds is 2. The van der Waals surface area contributed by atoms with Crippen LogP contribution in [0.4, 0.5) is 0 Å². The molecule has 0 saturated heterocycles. The number of aromatic nitrogens is 1. The smallest absolute Gasteiger partial charge is 0.148 e. The molecular formula is C16H18N6. The molecular weight excluding hydrogens is 276 g/mol. The molecule has 2 aromatic rings. The van der Waals surface area contributed by atoms with E-state index in [1.165, 1.54) is 0 Å². The Morgan fingerprint density at radius 2 is 2.14 bits per heavy atom. The van der Waals surface area contributed by atoms with E-state index in [0.29, 0.717) is 5.82 Å². The molecule has 1 aromatic carbocycles. The van der Waals surface area contributed by atoms with Crippen LogP contribution < -0.4 is 11.1 Å². The molecule has 0 amide bonds. The summed E-state index contributed by atoms with van der Waals surface area (Å²) in [6.07, 6.45) is 3.54. The number of H-pyrrole nitrogens is 1. The Bertz CT molecular complexity index is 826. The van der Waals surface area contributed by atoms with Gasteiger partial charge in [0.25, 0.3) is 0 Å². The van der Waals surface area contributed by atoms with Gasteiger partial charge in [0.2, 0.25) is 0 Å². The predicted octanol–water partition coefficient (Wildman–Crippen LogP) is 1.72. The van der Waals surface area contributed by atoms with Gasteiger partial charge in [-0.3, -0.25) is 5.01 Å². The lowest BCUT2D eigenvalue weighted by molar-refractivity contribution is 0.189. The lowest BCUT2D eigenvalue weighted by Gasteiger charge is -2.29. The van der Waals surface area contributed by atoms with E-state index in [9.17, 15) is 0 Å². The van der Waals surface area contributed by atoms with Crippen molar-refractivity contribution in [1.82, 2.24) is 15.3 Å². The third-order valence-electron chi connectivity index (χ3n) is 4.08. The minimum Gasteiger partial charge on any atom is -0.383 e. The van der Waals surface area contributed by atoms with Crippen molar-refractivity contribution in [2.24, 2.45) is 15.8 Å². The highest BCUT2D eigenvalue weighted by Crippen LogP contribution is 2.29. The van der Waals surface area contributed by atoms with Gasteiger partial charge in [0.15, 0.2) is 0 Å². The average molecular weight is 294 g/mol. The molecule has 1 unspecified atom stereocenters. The summed E-state index contributed by atoms with van der Waals surface area (Å²) in [5, 5.41) is 11.2. The van der Waals surface area contributed by atoms with Gasteiger partial charge in [-0.05, 0) is 32.0 Å². The summed E-state index contributed by atoms with van der Waals surface area (Å²) in [7, 11) is 0. The second kappa shape index (κ2) is 4.62. The highest BCUT2D eigenvalue weighted by Gasteiger charge is 2.37. The van der Waals surface area contributed by atoms with Gasteiger partial charge in [0.1, 0.15) is 17.7 Å². The first kappa shape index (κ1) is 12.9. The molecule has 0 spiro atoms. The number of aromatic amines is 1. The van der Waals surface area contributed by atoms with Gasteiger partial charge in [-0.15, -0.1) is 0 Å². The van der Waals surface area contributed by atoms with E-state index in [0.717, 1.165) is 27.8 Å². The van der Waals surface area contributed by atoms with Gasteiger partial charge >= 0.3 is 0 Å². The zero-order valence-corrected chi connectivity index (χ0v) is 12.5. The molecule has 4 N–H and O–H groups in total. The van der Waals surface area contributed by atoms with Gasteiger partial charge in [-0.1, -0.05) is 6.07 Å². The minimum absolute atomic E-state index is 0.0468. The quantitative estimate of drug-likeness (QED) is 0.789. The monoisotopic (exact) mass is 294 g/mol. The predicted molar refractivity (Wildman–Crippen MR) is 88.4 cm³/mol. The summed E-state index contributed by atoms with van der Waals surface area (Å²) >= 11 is 0. The van der Waals surface area contributed by atoms with E-state index in [2.05, 4.69) is 53.4 Å². The average Bonchev–Trinajstić information content (AvgIpc) is 3.11. The summed E-state index contributed by atoms with van der Waals surface area (Å²) in [5.41, 5.74) is 10.1. The van der Waals surface area contributed by atoms with E-state index in [-0.39, 0.29) is 12.2 Å². The maximum atomic E-state index is 6.13. The number of benzene rings is 1. The molecule has 1 atom stereocenters. The molecule has 0 aliphatic carbocycles. The van der Waals surface area contributed by atoms with Crippen LogP contribution in [-0.2, 0) is 0 Å². The van der Waals surface area contributed by atoms with Crippen LogP contribution in [0.1, 0.15) is 19.4 Å². The second-order valence-corrected chi connectivity index (χ2v) is 5.83. The molecule has 2 aliphatic rings. The van der Waals surface area contributed by atoms with Crippen LogP contribution in [0.15, 0.2) is 52.0 Å². The number of nitrogens with two attached hydrogens (primary N) is 1. The maximum absolute atomic E-state index is 6.13. The fourth-order valence-corrected chi connectivity index (χ4v) is 2.98. The van der Waals surface area contributed by atoms with Crippen molar-refractivity contribution in [3.63, 3.8) is 0 Å². The zero-order valence-electron chi connectivity index (χ0n) is 12.5. The molecule has 0 bridgehead atoms. The number of aliphatic imine (C=N–C) groups is 1. The Kier molecular flexibility index (Phi) is 2.72. The van der Waals surface area contributed by atoms with Crippen LogP contribution in [0.2, 0.25) is 0 Å². The van der Waals surface area contributed by atoms with Crippen molar-refractivity contribution in [3.8, 4) is 0 Å². The highest BCUT2D eigenvalue weighted by molar-refractivity contribution is 6.16. The first-order valence-corrected chi connectivity index (χ1v) is 7.38. The van der Waals surface area contributed by atoms with E-state index < -0.39 is 0 Å². The van der Waals surface area contributed by atoms with Gasteiger partial charge < -0.3 is 16.0 Å². The molecule has 0 radical (unpaired) electrons. The molecule has 22 heavy (non-hydrogen) atoms. The fourth-order valence-electron chi connectivity index (χ4n) is 2.98. The molecule has 1 aromatic heterocycles. The van der Waals surface area contributed by atoms with Crippen molar-refractivity contribution in [2.45, 2.75) is 26.1 Å². The lowest BCUT2D eigenvalue weighted by atomic mass is 9.99. The van der Waals surface area contributed by atoms with Crippen LogP contribution in [0.5, 0.6) is 0 Å². The number of hydrazone groups is 1. The number of nitrogens with zero attached hydrogens (tertiary/aromatic N) is 3. The third-order valence-corrected chi connectivity index (χ3v) is 4.08. The molecule has 6 heteroatoms. The molecule has 112 valence electrons. The Hall–Kier alpha value is -2.76. The van der Waals surface area contributed by atoms with Crippen LogP contribution in [0, 0.1) is 0 Å². The fraction of sp³-hybridized carbons (Fsp3) is 0.250. The molecule has 6 nitrogen and oxygen atoms in total. The molecule has 2 aliphatic heterocycles. The number of hydrogen-bond acceptors (Lipinski definition) is 5. The number of nitrogens with one attached hydrogen (secondary N) is 2. The largest absolute Gasteiger partial charge is 0.383 e. The summed E-state index contributed by atoms with van der Waals surface area (Å²) in [4.78, 5) is 7.41. The summed E-state index contributed by atoms with van der Waals surface area (Å²) in [5.74, 6) is 0.528. The van der Waals surface area contributed by atoms with Crippen molar-refractivity contribution in [1.29, 1.82) is 0 Å². The summed E-state index contributed by atoms with van der Waals surface area (Å²) in [6.45, 7) is 4.23. The molecule has 4 rings (SSSR count). The Morgan fingerprint density at radius 3 is 2.95 bits per heavy atom. The topological polar surface area (TPSA) is 81.8 Å². The first-order valence-electron chi connectivity index (χ1n) is 7.38. The normalized spacial score (nSPS) is 20.6. The van der Waals surface area contributed by atoms with Gasteiger partial charge in [-0.2, -0.15) is 5.10 Å². The van der Waals surface area contributed by atoms with Crippen molar-refractivity contribution >= 4 is 23.0 Å². The van der Waals surface area contributed by atoms with Crippen LogP contribution in [-0.4, -0.2) is 34.3 Å². The maximum Gasteiger partial charge on any atom is 0.148 e. The highest BCUT2D eigenvalue weighted by atomic mass is 15.6. The Labute approximate surface area is 128 Å². The van der Waals surface area contributed by atoms with Crippen molar-refractivity contribution in [3.05, 3.63) is 47.4 Å². The molecule has 3 heterocycles. The van der Waals surface area contributed by atoms with Crippen molar-refractivity contribution < 1.29 is 0 Å². The molecule has 0 saturated carbocycles. The van der Waals surface area contributed by atoms with Crippen LogP contribution in [0.25, 0.3) is 10.9 Å². The van der Waals surface area contributed by atoms with E-state index in [1.807, 2.05) is 11.2 Å². The summed E-state index contributed by atoms with van der Waals surface area (Å²) in [6, 6.07) is 8.58. The number of hydrogen-bond donors (Lipinski definition) is 3. The summed E-state index contributed by atoms with van der Waals surface area (Å²) < 4.78 is 0. The lowest BCUT2D eigenvalue weighted by Crippen LogP contribution is -2.46. The van der Waals surface area contributed by atoms with Gasteiger partial charge in [-0.25, -0.2) is 4.99 Å². The van der Waals surface area contributed by atoms with E-state index in [1.54, 1.807) is 6.34 Å². The Balaban J connectivity index is 1.87. The SMILES string of the molecule is CC(C)N1N=C(c2ccc3[nH]ccc3c2)C2=C(N)N=CNC21. The number of fused-ring (bicyclic) bond motifs is 2. The first-order chi connectivity index (χ1) is 10.6. The zero-order chi connectivity index (χ0) is 15.3. The third kappa shape index (κ3) is 1.80. The van der Waals surface area contributed by atoms with E-state index >= 15 is 0 Å². The van der Waals surface area contributed by atoms with Gasteiger partial charge in [0, 0.05) is 28.7 Å². The second-order valence-electron chi connectivity index (χ2n) is 5.83. The standard InChI is InChI=1S/C16H18N6/c1-9(2)22-16-13(15(17)19-8-20-16)14(21-22)11-3-4-12-10(7-11)5-6-18-12/h3-9,16,18H,17H2,1-2H3,(H,19,20). The van der Waals surface area contributed by atoms with E-state index in [4.69, 9.17) is 10.8 Å². The van der Waals surface area contributed by atoms with Gasteiger partial charge in [0.05, 0.1) is 11.9 Å². The minimum atomic E-state index is -0.0468. The van der Waals surface area contributed by atoms with Crippen molar-refractivity contribution in [2.75, 3.05) is 0 Å².